The van der Waals surface area contributed by atoms with Crippen LogP contribution in [0.1, 0.15) is 10.6 Å². The van der Waals surface area contributed by atoms with Gasteiger partial charge in [0.15, 0.2) is 0 Å². The summed E-state index contributed by atoms with van der Waals surface area (Å²) in [4.78, 5) is 21.5. The maximum absolute atomic E-state index is 12.5. The number of rotatable bonds is 5. The first-order valence-electron chi connectivity index (χ1n) is 10.0. The number of carbonyl (C=O) groups is 1. The third-order valence-electron chi connectivity index (χ3n) is 5.26. The number of aryl methyl sites for hydroxylation is 1. The number of ether oxygens (including phenoxy) is 1. The number of hydrogen-bond acceptors (Lipinski definition) is 5. The fourth-order valence-corrected chi connectivity index (χ4v) is 4.26. The Bertz CT molecular complexity index is 977. The van der Waals surface area contributed by atoms with Crippen LogP contribution in [0, 0.1) is 6.92 Å². The van der Waals surface area contributed by atoms with Crippen LogP contribution in [0.2, 0.25) is 0 Å². The number of nitrogens with zero attached hydrogens (tertiary/aromatic N) is 3. The lowest BCUT2D eigenvalue weighted by Gasteiger charge is -2.34. The van der Waals surface area contributed by atoms with Gasteiger partial charge in [-0.15, -0.1) is 11.3 Å². The van der Waals surface area contributed by atoms with Crippen molar-refractivity contribution in [2.75, 3.05) is 38.6 Å². The smallest absolute Gasteiger partial charge is 0.321 e. The Balaban J connectivity index is 1.28. The second-order valence-electron chi connectivity index (χ2n) is 7.41. The molecule has 2 amide bonds. The van der Waals surface area contributed by atoms with Gasteiger partial charge >= 0.3 is 6.03 Å². The third-order valence-corrected chi connectivity index (χ3v) is 6.09. The van der Waals surface area contributed by atoms with Crippen molar-refractivity contribution in [1.29, 1.82) is 0 Å². The molecule has 0 spiro atoms. The fourth-order valence-electron chi connectivity index (χ4n) is 3.42. The number of aromatic nitrogens is 1. The Kier molecular flexibility index (Phi) is 6.30. The van der Waals surface area contributed by atoms with Crippen molar-refractivity contribution in [3.8, 4) is 17.0 Å². The van der Waals surface area contributed by atoms with E-state index >= 15 is 0 Å². The van der Waals surface area contributed by atoms with Crippen molar-refractivity contribution in [3.05, 3.63) is 64.5 Å². The van der Waals surface area contributed by atoms with E-state index in [1.54, 1.807) is 18.4 Å². The largest absolute Gasteiger partial charge is 0.497 e. The Labute approximate surface area is 181 Å². The maximum Gasteiger partial charge on any atom is 0.321 e. The first kappa shape index (κ1) is 20.4. The summed E-state index contributed by atoms with van der Waals surface area (Å²) in [7, 11) is 1.67. The highest BCUT2D eigenvalue weighted by atomic mass is 32.1. The second-order valence-corrected chi connectivity index (χ2v) is 8.36. The lowest BCUT2D eigenvalue weighted by Crippen LogP contribution is -2.49. The van der Waals surface area contributed by atoms with E-state index in [1.807, 2.05) is 60.4 Å². The van der Waals surface area contributed by atoms with E-state index in [1.165, 1.54) is 5.56 Å². The monoisotopic (exact) mass is 422 g/mol. The van der Waals surface area contributed by atoms with E-state index in [2.05, 4.69) is 15.6 Å². The molecule has 1 aliphatic heterocycles. The van der Waals surface area contributed by atoms with Gasteiger partial charge < -0.3 is 15.0 Å². The summed E-state index contributed by atoms with van der Waals surface area (Å²) < 4.78 is 5.22. The highest BCUT2D eigenvalue weighted by Crippen LogP contribution is 2.25. The van der Waals surface area contributed by atoms with Gasteiger partial charge in [-0.3, -0.25) is 4.90 Å². The lowest BCUT2D eigenvalue weighted by molar-refractivity contribution is 0.143. The number of nitrogens with one attached hydrogen (secondary N) is 1. The SMILES string of the molecule is COc1ccc(-c2csc(CN3CCN(C(=O)Nc4ccc(C)cc4)CC3)n2)cc1. The standard InChI is InChI=1S/C23H26N4O2S/c1-17-3-7-19(8-4-17)24-23(28)27-13-11-26(12-14-27)15-22-25-21(16-30-22)18-5-9-20(29-2)10-6-18/h3-10,16H,11-15H2,1-2H3,(H,24,28). The molecular formula is C23H26N4O2S. The van der Waals surface area contributed by atoms with Crippen LogP contribution in [0.15, 0.2) is 53.9 Å². The Hall–Kier alpha value is -2.90. The molecule has 1 fully saturated rings. The van der Waals surface area contributed by atoms with Gasteiger partial charge in [0.1, 0.15) is 10.8 Å². The number of amides is 2. The van der Waals surface area contributed by atoms with E-state index in [0.717, 1.165) is 47.3 Å². The highest BCUT2D eigenvalue weighted by Gasteiger charge is 2.22. The van der Waals surface area contributed by atoms with Gasteiger partial charge in [0.2, 0.25) is 0 Å². The summed E-state index contributed by atoms with van der Waals surface area (Å²) in [6, 6.07) is 15.8. The molecule has 1 N–H and O–H groups in total. The molecule has 1 aromatic heterocycles. The molecule has 4 rings (SSSR count). The quantitative estimate of drug-likeness (QED) is 0.659. The van der Waals surface area contributed by atoms with Crippen LogP contribution >= 0.6 is 11.3 Å². The molecule has 2 aromatic carbocycles. The summed E-state index contributed by atoms with van der Waals surface area (Å²) in [5.74, 6) is 0.846. The van der Waals surface area contributed by atoms with Crippen LogP contribution in [0.25, 0.3) is 11.3 Å². The average molecular weight is 423 g/mol. The van der Waals surface area contributed by atoms with Gasteiger partial charge in [-0.1, -0.05) is 17.7 Å². The zero-order chi connectivity index (χ0) is 20.9. The minimum absolute atomic E-state index is 0.0328. The zero-order valence-electron chi connectivity index (χ0n) is 17.3. The molecular weight excluding hydrogens is 396 g/mol. The van der Waals surface area contributed by atoms with Crippen molar-refractivity contribution < 1.29 is 9.53 Å². The van der Waals surface area contributed by atoms with Gasteiger partial charge in [0.25, 0.3) is 0 Å². The number of anilines is 1. The van der Waals surface area contributed by atoms with Gasteiger partial charge in [0.05, 0.1) is 19.3 Å². The Morgan fingerprint density at radius 2 is 1.77 bits per heavy atom. The van der Waals surface area contributed by atoms with Crippen molar-refractivity contribution >= 4 is 23.1 Å². The highest BCUT2D eigenvalue weighted by molar-refractivity contribution is 7.09. The lowest BCUT2D eigenvalue weighted by atomic mass is 10.2. The molecule has 1 saturated heterocycles. The van der Waals surface area contributed by atoms with Crippen molar-refractivity contribution in [3.63, 3.8) is 0 Å². The number of thiazole rings is 1. The molecule has 3 aromatic rings. The fraction of sp³-hybridized carbons (Fsp3) is 0.304. The van der Waals surface area contributed by atoms with Crippen molar-refractivity contribution in [2.45, 2.75) is 13.5 Å². The second kappa shape index (κ2) is 9.28. The number of benzene rings is 2. The molecule has 0 atom stereocenters. The van der Waals surface area contributed by atoms with Gasteiger partial charge in [-0.2, -0.15) is 0 Å². The Morgan fingerprint density at radius 1 is 1.07 bits per heavy atom. The minimum Gasteiger partial charge on any atom is -0.497 e. The number of carbonyl (C=O) groups excluding carboxylic acids is 1. The summed E-state index contributed by atoms with van der Waals surface area (Å²) >= 11 is 1.68. The summed E-state index contributed by atoms with van der Waals surface area (Å²) in [6.45, 7) is 5.97. The van der Waals surface area contributed by atoms with Crippen LogP contribution in [-0.2, 0) is 6.54 Å². The summed E-state index contributed by atoms with van der Waals surface area (Å²) in [5, 5.41) is 6.18. The molecule has 0 saturated carbocycles. The molecule has 0 bridgehead atoms. The number of piperazine rings is 1. The van der Waals surface area contributed by atoms with Crippen LogP contribution < -0.4 is 10.1 Å². The maximum atomic E-state index is 12.5. The van der Waals surface area contributed by atoms with Crippen LogP contribution in [0.5, 0.6) is 5.75 Å². The number of hydrogen-bond donors (Lipinski definition) is 1. The van der Waals surface area contributed by atoms with Crippen LogP contribution in [0.4, 0.5) is 10.5 Å². The van der Waals surface area contributed by atoms with Crippen LogP contribution in [0.3, 0.4) is 0 Å². The minimum atomic E-state index is -0.0328. The predicted molar refractivity (Wildman–Crippen MR) is 121 cm³/mol. The summed E-state index contributed by atoms with van der Waals surface area (Å²) in [5.41, 5.74) is 4.10. The first-order valence-corrected chi connectivity index (χ1v) is 10.9. The molecule has 6 nitrogen and oxygen atoms in total. The summed E-state index contributed by atoms with van der Waals surface area (Å²) in [6.07, 6.45) is 0. The average Bonchev–Trinajstić information content (AvgIpc) is 3.24. The molecule has 2 heterocycles. The Morgan fingerprint density at radius 3 is 2.43 bits per heavy atom. The first-order chi connectivity index (χ1) is 14.6. The van der Waals surface area contributed by atoms with E-state index < -0.39 is 0 Å². The van der Waals surface area contributed by atoms with Gasteiger partial charge in [-0.25, -0.2) is 9.78 Å². The normalized spacial score (nSPS) is 14.5. The molecule has 0 aliphatic carbocycles. The van der Waals surface area contributed by atoms with E-state index in [0.29, 0.717) is 13.1 Å². The van der Waals surface area contributed by atoms with E-state index in [4.69, 9.17) is 9.72 Å². The van der Waals surface area contributed by atoms with E-state index in [-0.39, 0.29) is 6.03 Å². The molecule has 30 heavy (non-hydrogen) atoms. The van der Waals surface area contributed by atoms with Gasteiger partial charge in [-0.05, 0) is 43.3 Å². The molecule has 156 valence electrons. The zero-order valence-corrected chi connectivity index (χ0v) is 18.1. The number of urea groups is 1. The molecule has 7 heteroatoms. The van der Waals surface area contributed by atoms with Crippen LogP contribution in [-0.4, -0.2) is 54.1 Å². The third kappa shape index (κ3) is 4.98. The topological polar surface area (TPSA) is 57.7 Å². The van der Waals surface area contributed by atoms with E-state index in [9.17, 15) is 4.79 Å². The predicted octanol–water partition coefficient (Wildman–Crippen LogP) is 4.48. The molecule has 1 aliphatic rings. The molecule has 0 radical (unpaired) electrons. The van der Waals surface area contributed by atoms with Crippen molar-refractivity contribution in [2.24, 2.45) is 0 Å². The molecule has 0 unspecified atom stereocenters. The number of methoxy groups -OCH3 is 1. The van der Waals surface area contributed by atoms with Gasteiger partial charge in [0, 0.05) is 42.8 Å². The van der Waals surface area contributed by atoms with Crippen molar-refractivity contribution in [1.82, 2.24) is 14.8 Å².